The zero-order chi connectivity index (χ0) is 31.3. The van der Waals surface area contributed by atoms with Gasteiger partial charge in [0.25, 0.3) is 5.91 Å². The minimum atomic E-state index is -5.61. The fraction of sp³-hybridized carbons (Fsp3) is 0.440. The Morgan fingerprint density at radius 2 is 1.81 bits per heavy atom. The molecule has 0 aromatic heterocycles. The van der Waals surface area contributed by atoms with Crippen molar-refractivity contribution < 1.29 is 58.3 Å². The number of amides is 1. The van der Waals surface area contributed by atoms with E-state index in [-0.39, 0.29) is 42.1 Å². The van der Waals surface area contributed by atoms with Crippen LogP contribution in [0.4, 0.5) is 43.9 Å². The lowest BCUT2D eigenvalue weighted by Crippen LogP contribution is -2.50. The molecule has 0 unspecified atom stereocenters. The second-order valence-electron chi connectivity index (χ2n) is 9.69. The molecular weight excluding hydrogens is 616 g/mol. The van der Waals surface area contributed by atoms with Gasteiger partial charge in [-0.05, 0) is 43.2 Å². The van der Waals surface area contributed by atoms with Crippen molar-refractivity contribution in [3.8, 4) is 0 Å². The van der Waals surface area contributed by atoms with Crippen molar-refractivity contribution >= 4 is 23.2 Å². The van der Waals surface area contributed by atoms with Gasteiger partial charge in [-0.25, -0.2) is 4.39 Å². The van der Waals surface area contributed by atoms with Crippen LogP contribution in [0.3, 0.4) is 0 Å². The number of nitrogens with zero attached hydrogens (tertiary/aromatic N) is 2. The van der Waals surface area contributed by atoms with Crippen LogP contribution in [0.5, 0.6) is 0 Å². The van der Waals surface area contributed by atoms with Gasteiger partial charge in [0.2, 0.25) is 0 Å². The Bertz CT molecular complexity index is 1390. The lowest BCUT2D eigenvalue weighted by Gasteiger charge is -2.36. The molecule has 2 atom stereocenters. The van der Waals surface area contributed by atoms with Crippen LogP contribution in [0.1, 0.15) is 39.0 Å². The summed E-state index contributed by atoms with van der Waals surface area (Å²) in [6.45, 7) is -0.490. The van der Waals surface area contributed by atoms with Gasteiger partial charge in [0.15, 0.2) is 5.82 Å². The number of halogens is 11. The van der Waals surface area contributed by atoms with Crippen LogP contribution in [0, 0.1) is 12.7 Å². The third-order valence-electron chi connectivity index (χ3n) is 6.59. The van der Waals surface area contributed by atoms with E-state index < -0.39 is 71.4 Å². The number of alkyl halides is 9. The molecule has 2 aromatic carbocycles. The molecule has 17 heteroatoms. The highest BCUT2D eigenvalue weighted by Crippen LogP contribution is 2.48. The van der Waals surface area contributed by atoms with E-state index in [0.717, 1.165) is 4.90 Å². The number of rotatable bonds is 5. The molecule has 2 aliphatic heterocycles. The van der Waals surface area contributed by atoms with Crippen molar-refractivity contribution in [2.24, 2.45) is 5.16 Å². The Labute approximate surface area is 236 Å². The summed E-state index contributed by atoms with van der Waals surface area (Å²) in [6.07, 6.45) is -14.9. The molecule has 0 saturated carbocycles. The maximum Gasteiger partial charge on any atom is 0.463 e. The van der Waals surface area contributed by atoms with E-state index in [1.54, 1.807) is 0 Å². The normalized spacial score (nSPS) is 22.1. The number of aryl methyl sites for hydroxylation is 1. The molecule has 2 aromatic rings. The number of oxime groups is 1. The molecule has 1 fully saturated rings. The molecule has 2 aliphatic rings. The second kappa shape index (κ2) is 11.2. The van der Waals surface area contributed by atoms with Crippen LogP contribution < -0.4 is 5.32 Å². The van der Waals surface area contributed by atoms with E-state index in [4.69, 9.17) is 16.3 Å². The van der Waals surface area contributed by atoms with E-state index >= 15 is 0 Å². The van der Waals surface area contributed by atoms with Crippen LogP contribution in [0.15, 0.2) is 35.5 Å². The average Bonchev–Trinajstić information content (AvgIpc) is 3.29. The summed E-state index contributed by atoms with van der Waals surface area (Å²) in [5, 5.41) is 4.77. The van der Waals surface area contributed by atoms with Crippen molar-refractivity contribution in [3.63, 3.8) is 0 Å². The molecule has 42 heavy (non-hydrogen) atoms. The summed E-state index contributed by atoms with van der Waals surface area (Å²) in [7, 11) is 0. The molecule has 6 nitrogen and oxygen atoms in total. The number of likely N-dealkylation sites (tertiary alicyclic amines) is 1. The van der Waals surface area contributed by atoms with Gasteiger partial charge in [-0.2, -0.15) is 39.5 Å². The van der Waals surface area contributed by atoms with Gasteiger partial charge in [-0.3, -0.25) is 9.69 Å². The number of carbonyl (C=O) groups is 1. The Hall–Kier alpha value is -3.11. The summed E-state index contributed by atoms with van der Waals surface area (Å²) in [5.74, 6) is -6.50. The number of carbonyl (C=O) groups excluding carboxylic acids is 1. The SMILES string of the molecule is Cc1cc(C2=NO[C@@](c3cc(C(F)(F)F)cc(Cl)c3F)(C(F)(F)F)OC2)ccc1C(=O)N[C@@H]1CCN(CC(F)(F)F)C1. The van der Waals surface area contributed by atoms with Gasteiger partial charge < -0.3 is 14.9 Å². The molecule has 0 spiro atoms. The van der Waals surface area contributed by atoms with Gasteiger partial charge in [0.05, 0.1) is 29.3 Å². The van der Waals surface area contributed by atoms with E-state index in [1.807, 2.05) is 0 Å². The second-order valence-corrected chi connectivity index (χ2v) is 10.1. The van der Waals surface area contributed by atoms with Crippen LogP contribution in [0.2, 0.25) is 5.02 Å². The van der Waals surface area contributed by atoms with Gasteiger partial charge in [0, 0.05) is 30.3 Å². The summed E-state index contributed by atoms with van der Waals surface area (Å²) >= 11 is 5.46. The molecule has 0 aliphatic carbocycles. The van der Waals surface area contributed by atoms with Crippen molar-refractivity contribution in [1.29, 1.82) is 0 Å². The van der Waals surface area contributed by atoms with Crippen LogP contribution >= 0.6 is 11.6 Å². The highest BCUT2D eigenvalue weighted by Gasteiger charge is 2.64. The van der Waals surface area contributed by atoms with Gasteiger partial charge in [-0.1, -0.05) is 22.8 Å². The van der Waals surface area contributed by atoms with Crippen molar-refractivity contribution in [1.82, 2.24) is 10.2 Å². The minimum Gasteiger partial charge on any atom is -0.348 e. The molecule has 1 N–H and O–H groups in total. The highest BCUT2D eigenvalue weighted by molar-refractivity contribution is 6.30. The monoisotopic (exact) mass is 635 g/mol. The molecule has 0 bridgehead atoms. The minimum absolute atomic E-state index is 0.00744. The number of hydrogen-bond donors (Lipinski definition) is 1. The van der Waals surface area contributed by atoms with Gasteiger partial charge in [0.1, 0.15) is 5.71 Å². The third kappa shape index (κ3) is 6.59. The molecular formula is C25H20ClF10N3O3. The van der Waals surface area contributed by atoms with E-state index in [9.17, 15) is 48.7 Å². The highest BCUT2D eigenvalue weighted by atomic mass is 35.5. The number of hydrogen-bond acceptors (Lipinski definition) is 5. The van der Waals surface area contributed by atoms with Crippen LogP contribution in [-0.4, -0.2) is 61.2 Å². The summed E-state index contributed by atoms with van der Waals surface area (Å²) in [6, 6.07) is 3.37. The fourth-order valence-corrected chi connectivity index (χ4v) is 4.81. The fourth-order valence-electron chi connectivity index (χ4n) is 4.59. The maximum atomic E-state index is 14.7. The topological polar surface area (TPSA) is 63.2 Å². The maximum absolute atomic E-state index is 14.7. The Morgan fingerprint density at radius 1 is 1.12 bits per heavy atom. The first-order valence-corrected chi connectivity index (χ1v) is 12.4. The largest absolute Gasteiger partial charge is 0.463 e. The summed E-state index contributed by atoms with van der Waals surface area (Å²) in [4.78, 5) is 18.4. The molecule has 230 valence electrons. The van der Waals surface area contributed by atoms with Gasteiger partial charge >= 0.3 is 24.3 Å². The third-order valence-corrected chi connectivity index (χ3v) is 6.87. The lowest BCUT2D eigenvalue weighted by molar-refractivity contribution is -0.395. The summed E-state index contributed by atoms with van der Waals surface area (Å²) in [5.41, 5.74) is -3.08. The molecule has 1 amide bonds. The lowest BCUT2D eigenvalue weighted by atomic mass is 9.99. The zero-order valence-corrected chi connectivity index (χ0v) is 22.0. The molecule has 4 rings (SSSR count). The first-order chi connectivity index (χ1) is 19.3. The predicted molar refractivity (Wildman–Crippen MR) is 127 cm³/mol. The molecule has 1 saturated heterocycles. The van der Waals surface area contributed by atoms with Crippen molar-refractivity contribution in [2.75, 3.05) is 26.2 Å². The Morgan fingerprint density at radius 3 is 2.36 bits per heavy atom. The zero-order valence-electron chi connectivity index (χ0n) is 21.3. The average molecular weight is 636 g/mol. The smallest absolute Gasteiger partial charge is 0.348 e. The summed E-state index contributed by atoms with van der Waals surface area (Å²) < 4.78 is 139. The van der Waals surface area contributed by atoms with E-state index in [2.05, 4.69) is 15.3 Å². The number of nitrogens with one attached hydrogen (secondary N) is 1. The number of benzene rings is 2. The first-order valence-electron chi connectivity index (χ1n) is 12.0. The van der Waals surface area contributed by atoms with Gasteiger partial charge in [-0.15, -0.1) is 0 Å². The quantitative estimate of drug-likeness (QED) is 0.390. The number of ether oxygens (including phenoxy) is 1. The molecule has 2 heterocycles. The van der Waals surface area contributed by atoms with E-state index in [1.165, 1.54) is 25.1 Å². The molecule has 0 radical (unpaired) electrons. The predicted octanol–water partition coefficient (Wildman–Crippen LogP) is 6.34. The Balaban J connectivity index is 1.55. The Kier molecular flexibility index (Phi) is 8.48. The van der Waals surface area contributed by atoms with E-state index in [0.29, 0.717) is 12.0 Å². The van der Waals surface area contributed by atoms with Crippen LogP contribution in [0.25, 0.3) is 0 Å². The first kappa shape index (κ1) is 31.8. The standard InChI is InChI=1S/C25H20ClF10N3O3/c1-12-6-13(2-3-16(12)21(40)37-15-4-5-39(9-15)11-22(28,29)30)19-10-41-23(42-38-19,25(34,35)36)17-7-14(24(31,32)33)8-18(26)20(17)27/h2-3,6-8,15H,4-5,9-11H2,1H3,(H,37,40)/t15-,23+/m1/s1. The van der Waals surface area contributed by atoms with Crippen LogP contribution in [-0.2, 0) is 21.5 Å². The van der Waals surface area contributed by atoms with Crippen molar-refractivity contribution in [3.05, 3.63) is 69.0 Å². The van der Waals surface area contributed by atoms with Crippen molar-refractivity contribution in [2.45, 2.75) is 43.7 Å².